The summed E-state index contributed by atoms with van der Waals surface area (Å²) in [5.74, 6) is -2.43. The van der Waals surface area contributed by atoms with Crippen molar-refractivity contribution in [1.82, 2.24) is 4.98 Å². The fraction of sp³-hybridized carbons (Fsp3) is 0.267. The Morgan fingerprint density at radius 3 is 2.35 bits per heavy atom. The van der Waals surface area contributed by atoms with Gasteiger partial charge in [0.05, 0.1) is 17.2 Å². The van der Waals surface area contributed by atoms with Crippen LogP contribution in [0.2, 0.25) is 0 Å². The van der Waals surface area contributed by atoms with E-state index in [2.05, 4.69) is 16.7 Å². The van der Waals surface area contributed by atoms with Crippen molar-refractivity contribution in [2.45, 2.75) is 25.7 Å². The molecule has 0 fully saturated rings. The molecule has 0 aromatic carbocycles. The zero-order chi connectivity index (χ0) is 20.1. The molecular formula is C15H12F7N3O. The highest BCUT2D eigenvalue weighted by Gasteiger charge is 2.37. The summed E-state index contributed by atoms with van der Waals surface area (Å²) in [7, 11) is 0. The average Bonchev–Trinajstić information content (AvgIpc) is 2.43. The maximum absolute atomic E-state index is 13.1. The molecule has 0 radical (unpaired) electrons. The van der Waals surface area contributed by atoms with E-state index in [1.54, 1.807) is 0 Å². The van der Waals surface area contributed by atoms with Gasteiger partial charge in [-0.2, -0.15) is 26.3 Å². The van der Waals surface area contributed by atoms with E-state index in [-0.39, 0.29) is 11.3 Å². The number of nitrogens with one attached hydrogen (secondary N) is 1. The number of nitrogens with zero attached hydrogens (tertiary/aromatic N) is 2. The van der Waals surface area contributed by atoms with Crippen LogP contribution in [-0.2, 0) is 11.0 Å². The van der Waals surface area contributed by atoms with Crippen LogP contribution < -0.4 is 5.32 Å². The fourth-order valence-corrected chi connectivity index (χ4v) is 1.80. The van der Waals surface area contributed by atoms with Crippen molar-refractivity contribution < 1.29 is 35.5 Å². The van der Waals surface area contributed by atoms with Gasteiger partial charge in [-0.15, -0.1) is 0 Å². The molecule has 0 aliphatic heterocycles. The number of allylic oxidation sites excluding steroid dienone is 3. The van der Waals surface area contributed by atoms with Crippen LogP contribution >= 0.6 is 0 Å². The van der Waals surface area contributed by atoms with Gasteiger partial charge in [-0.05, 0) is 31.9 Å². The molecule has 1 aromatic rings. The molecule has 4 nitrogen and oxygen atoms in total. The number of hydrogen-bond donors (Lipinski definition) is 1. The van der Waals surface area contributed by atoms with Crippen LogP contribution in [0.3, 0.4) is 0 Å². The number of aromatic nitrogens is 1. The van der Waals surface area contributed by atoms with E-state index in [1.807, 2.05) is 0 Å². The van der Waals surface area contributed by atoms with E-state index in [4.69, 9.17) is 0 Å². The highest BCUT2D eigenvalue weighted by molar-refractivity contribution is 5.92. The smallest absolute Gasteiger partial charge is 0.324 e. The largest absolute Gasteiger partial charge is 0.435 e. The van der Waals surface area contributed by atoms with Crippen LogP contribution in [0.1, 0.15) is 24.7 Å². The molecule has 0 aliphatic carbocycles. The number of alkyl halides is 6. The Kier molecular flexibility index (Phi) is 6.65. The number of amides is 1. The lowest BCUT2D eigenvalue weighted by molar-refractivity contribution is -0.150. The summed E-state index contributed by atoms with van der Waals surface area (Å²) in [4.78, 5) is 17.9. The van der Waals surface area contributed by atoms with Crippen molar-refractivity contribution >= 4 is 23.9 Å². The molecule has 0 saturated heterocycles. The molecule has 1 aromatic heterocycles. The molecule has 0 unspecified atom stereocenters. The summed E-state index contributed by atoms with van der Waals surface area (Å²) < 4.78 is 89.0. The van der Waals surface area contributed by atoms with Gasteiger partial charge in [-0.1, -0.05) is 0 Å². The fourth-order valence-electron chi connectivity index (χ4n) is 1.80. The SMILES string of the molecule is C=N/C=C(\C=C(/C)F)c1ccc(NC(=O)CC(F)(F)F)c(C(F)(F)F)n1. The number of aliphatic imine (C=N–C) groups is 1. The minimum absolute atomic E-state index is 0.154. The van der Waals surface area contributed by atoms with Crippen molar-refractivity contribution in [2.75, 3.05) is 5.32 Å². The Morgan fingerprint density at radius 1 is 1.27 bits per heavy atom. The number of halogens is 7. The minimum atomic E-state index is -5.09. The van der Waals surface area contributed by atoms with E-state index in [1.165, 1.54) is 5.32 Å². The van der Waals surface area contributed by atoms with Gasteiger partial charge in [0, 0.05) is 11.8 Å². The van der Waals surface area contributed by atoms with Gasteiger partial charge in [0.25, 0.3) is 0 Å². The first-order valence-electron chi connectivity index (χ1n) is 6.78. The third-order valence-corrected chi connectivity index (χ3v) is 2.68. The van der Waals surface area contributed by atoms with Crippen LogP contribution in [0.25, 0.3) is 5.57 Å². The maximum atomic E-state index is 13.1. The van der Waals surface area contributed by atoms with E-state index in [9.17, 15) is 35.5 Å². The average molecular weight is 383 g/mol. The number of pyridine rings is 1. The van der Waals surface area contributed by atoms with Gasteiger partial charge in [-0.3, -0.25) is 9.79 Å². The molecule has 0 bridgehead atoms. The highest BCUT2D eigenvalue weighted by atomic mass is 19.4. The molecule has 0 spiro atoms. The van der Waals surface area contributed by atoms with Crippen molar-refractivity contribution in [3.63, 3.8) is 0 Å². The zero-order valence-electron chi connectivity index (χ0n) is 13.2. The maximum Gasteiger partial charge on any atom is 0.435 e. The van der Waals surface area contributed by atoms with Gasteiger partial charge in [0.2, 0.25) is 5.91 Å². The summed E-state index contributed by atoms with van der Waals surface area (Å²) in [6.45, 7) is 4.14. The Labute approximate surface area is 143 Å². The molecular weight excluding hydrogens is 371 g/mol. The second-order valence-corrected chi connectivity index (χ2v) is 4.93. The molecule has 1 rings (SSSR count). The summed E-state index contributed by atoms with van der Waals surface area (Å²) in [5.41, 5.74) is -3.11. The minimum Gasteiger partial charge on any atom is -0.324 e. The monoisotopic (exact) mass is 383 g/mol. The van der Waals surface area contributed by atoms with Crippen molar-refractivity contribution in [2.24, 2.45) is 4.99 Å². The Morgan fingerprint density at radius 2 is 1.88 bits per heavy atom. The van der Waals surface area contributed by atoms with Crippen molar-refractivity contribution in [3.8, 4) is 0 Å². The van der Waals surface area contributed by atoms with Crippen molar-refractivity contribution in [3.05, 3.63) is 41.6 Å². The number of anilines is 1. The summed E-state index contributed by atoms with van der Waals surface area (Å²) in [5, 5.41) is 1.53. The Hall–Kier alpha value is -2.72. The predicted octanol–water partition coefficient (Wildman–Crippen LogP) is 4.91. The second-order valence-electron chi connectivity index (χ2n) is 4.93. The number of carbonyl (C=O) groups is 1. The third-order valence-electron chi connectivity index (χ3n) is 2.68. The lowest BCUT2D eigenvalue weighted by Gasteiger charge is -2.15. The Bertz CT molecular complexity index is 745. The molecule has 0 atom stereocenters. The normalized spacial score (nSPS) is 13.5. The van der Waals surface area contributed by atoms with Crippen LogP contribution in [0, 0.1) is 0 Å². The first-order valence-corrected chi connectivity index (χ1v) is 6.78. The number of hydrogen-bond acceptors (Lipinski definition) is 3. The van der Waals surface area contributed by atoms with E-state index in [0.717, 1.165) is 31.3 Å². The van der Waals surface area contributed by atoms with E-state index < -0.39 is 41.9 Å². The van der Waals surface area contributed by atoms with Gasteiger partial charge >= 0.3 is 12.4 Å². The molecule has 26 heavy (non-hydrogen) atoms. The van der Waals surface area contributed by atoms with Gasteiger partial charge < -0.3 is 5.32 Å². The lowest BCUT2D eigenvalue weighted by Crippen LogP contribution is -2.23. The molecule has 0 saturated carbocycles. The summed E-state index contributed by atoms with van der Waals surface area (Å²) in [6.07, 6.45) is -10.1. The van der Waals surface area contributed by atoms with Gasteiger partial charge in [-0.25, -0.2) is 9.37 Å². The third kappa shape index (κ3) is 6.65. The van der Waals surface area contributed by atoms with Crippen molar-refractivity contribution in [1.29, 1.82) is 0 Å². The molecule has 11 heteroatoms. The molecule has 1 N–H and O–H groups in total. The van der Waals surface area contributed by atoms with Gasteiger partial charge in [0.15, 0.2) is 5.69 Å². The molecule has 142 valence electrons. The van der Waals surface area contributed by atoms with Crippen LogP contribution in [0.5, 0.6) is 0 Å². The molecule has 0 aliphatic rings. The van der Waals surface area contributed by atoms with E-state index >= 15 is 0 Å². The number of rotatable bonds is 5. The zero-order valence-corrected chi connectivity index (χ0v) is 13.2. The van der Waals surface area contributed by atoms with Crippen LogP contribution in [0.15, 0.2) is 35.2 Å². The first-order chi connectivity index (χ1) is 11.8. The first kappa shape index (κ1) is 21.3. The number of carbonyl (C=O) groups excluding carboxylic acids is 1. The lowest BCUT2D eigenvalue weighted by atomic mass is 10.1. The predicted molar refractivity (Wildman–Crippen MR) is 80.9 cm³/mol. The summed E-state index contributed by atoms with van der Waals surface area (Å²) >= 11 is 0. The van der Waals surface area contributed by atoms with Crippen LogP contribution in [0.4, 0.5) is 36.4 Å². The molecule has 1 heterocycles. The second kappa shape index (κ2) is 8.11. The topological polar surface area (TPSA) is 54.4 Å². The van der Waals surface area contributed by atoms with Crippen LogP contribution in [-0.4, -0.2) is 23.8 Å². The van der Waals surface area contributed by atoms with E-state index in [0.29, 0.717) is 0 Å². The summed E-state index contributed by atoms with van der Waals surface area (Å²) in [6, 6.07) is 1.69. The molecule has 1 amide bonds. The van der Waals surface area contributed by atoms with Gasteiger partial charge in [0.1, 0.15) is 6.42 Å². The Balaban J connectivity index is 3.35. The highest BCUT2D eigenvalue weighted by Crippen LogP contribution is 2.35. The quantitative estimate of drug-likeness (QED) is 0.446. The standard InChI is InChI=1S/C15H12F7N3O/c1-8(16)5-9(7-23-2)10-3-4-11(13(25-10)15(20,21)22)24-12(26)6-14(17,18)19/h3-5,7H,2,6H2,1H3,(H,24,26)/b8-5+,9-7+.